The number of hydrogen-bond donors (Lipinski definition) is 1. The number of carbonyl (C=O) groups is 1. The van der Waals surface area contributed by atoms with Crippen molar-refractivity contribution in [1.82, 2.24) is 9.21 Å². The smallest absolute Gasteiger partial charge is 0.475 e. The summed E-state index contributed by atoms with van der Waals surface area (Å²) in [5.74, 6) is -2.76. The van der Waals surface area contributed by atoms with Crippen LogP contribution in [0.3, 0.4) is 0 Å². The molecule has 6 nitrogen and oxygen atoms in total. The van der Waals surface area contributed by atoms with E-state index < -0.39 is 22.2 Å². The van der Waals surface area contributed by atoms with Crippen LogP contribution in [-0.4, -0.2) is 60.0 Å². The number of likely N-dealkylation sites (tertiary alicyclic amines) is 1. The quantitative estimate of drug-likeness (QED) is 0.667. The maximum Gasteiger partial charge on any atom is 0.490 e. The second-order valence-electron chi connectivity index (χ2n) is 8.08. The maximum absolute atomic E-state index is 13.0. The number of nitrogens with zero attached hydrogens (tertiary/aromatic N) is 2. The van der Waals surface area contributed by atoms with E-state index in [4.69, 9.17) is 21.5 Å². The predicted octanol–water partition coefficient (Wildman–Crippen LogP) is 4.40. The Kier molecular flexibility index (Phi) is 7.73. The van der Waals surface area contributed by atoms with Gasteiger partial charge in [0.1, 0.15) is 0 Å². The van der Waals surface area contributed by atoms with E-state index in [-0.39, 0.29) is 5.54 Å². The molecule has 180 valence electrons. The zero-order valence-electron chi connectivity index (χ0n) is 17.6. The summed E-state index contributed by atoms with van der Waals surface area (Å²) in [6.07, 6.45) is -2.03. The van der Waals surface area contributed by atoms with E-state index in [1.165, 1.54) is 5.56 Å². The molecule has 1 spiro atoms. The summed E-state index contributed by atoms with van der Waals surface area (Å²) < 4.78 is 59.3. The molecule has 11 heteroatoms. The van der Waals surface area contributed by atoms with E-state index in [0.29, 0.717) is 18.0 Å². The molecular weight excluding hydrogens is 481 g/mol. The number of hydrogen-bond acceptors (Lipinski definition) is 4. The maximum atomic E-state index is 13.0. The van der Waals surface area contributed by atoms with E-state index in [9.17, 15) is 21.6 Å². The molecule has 0 saturated carbocycles. The van der Waals surface area contributed by atoms with Crippen LogP contribution >= 0.6 is 11.6 Å². The molecule has 2 aromatic carbocycles. The Labute approximate surface area is 195 Å². The van der Waals surface area contributed by atoms with Crippen molar-refractivity contribution in [2.75, 3.05) is 19.6 Å². The fourth-order valence-electron chi connectivity index (χ4n) is 4.32. The highest BCUT2D eigenvalue weighted by Gasteiger charge is 2.48. The van der Waals surface area contributed by atoms with Crippen molar-refractivity contribution in [2.45, 2.75) is 42.4 Å². The molecule has 0 aromatic heterocycles. The molecule has 0 amide bonds. The van der Waals surface area contributed by atoms with Crippen LogP contribution in [0.15, 0.2) is 59.5 Å². The molecular formula is C22H24ClF3N2O4S. The number of alkyl halides is 3. The molecule has 2 heterocycles. The minimum atomic E-state index is -5.08. The Morgan fingerprint density at radius 2 is 1.73 bits per heavy atom. The van der Waals surface area contributed by atoms with Gasteiger partial charge in [-0.3, -0.25) is 4.90 Å². The number of aliphatic carboxylic acids is 1. The van der Waals surface area contributed by atoms with Crippen LogP contribution in [0.2, 0.25) is 5.02 Å². The zero-order chi connectivity index (χ0) is 24.3. The van der Waals surface area contributed by atoms with Crippen LogP contribution in [0.25, 0.3) is 0 Å². The first-order valence-electron chi connectivity index (χ1n) is 10.3. The molecule has 0 radical (unpaired) electrons. The molecule has 0 bridgehead atoms. The monoisotopic (exact) mass is 504 g/mol. The summed E-state index contributed by atoms with van der Waals surface area (Å²) in [6, 6.07) is 16.7. The van der Waals surface area contributed by atoms with E-state index in [1.54, 1.807) is 28.6 Å². The van der Waals surface area contributed by atoms with Crippen LogP contribution in [0.1, 0.15) is 24.8 Å². The molecule has 2 aliphatic rings. The minimum Gasteiger partial charge on any atom is -0.475 e. The first-order chi connectivity index (χ1) is 15.4. The number of halogens is 4. The Hall–Kier alpha value is -2.14. The zero-order valence-corrected chi connectivity index (χ0v) is 19.2. The van der Waals surface area contributed by atoms with Crippen molar-refractivity contribution in [3.63, 3.8) is 0 Å². The van der Waals surface area contributed by atoms with Gasteiger partial charge in [0.05, 0.1) is 4.90 Å². The lowest BCUT2D eigenvalue weighted by Crippen LogP contribution is -2.46. The number of sulfonamides is 1. The largest absolute Gasteiger partial charge is 0.490 e. The van der Waals surface area contributed by atoms with Crippen molar-refractivity contribution in [2.24, 2.45) is 0 Å². The molecule has 2 saturated heterocycles. The van der Waals surface area contributed by atoms with Gasteiger partial charge in [0.2, 0.25) is 10.0 Å². The van der Waals surface area contributed by atoms with Crippen molar-refractivity contribution in [1.29, 1.82) is 0 Å². The molecule has 1 unspecified atom stereocenters. The van der Waals surface area contributed by atoms with Gasteiger partial charge in [0, 0.05) is 30.2 Å². The summed E-state index contributed by atoms with van der Waals surface area (Å²) in [4.78, 5) is 11.7. The predicted molar refractivity (Wildman–Crippen MR) is 117 cm³/mol. The average molecular weight is 505 g/mol. The normalized spacial score (nSPS) is 21.7. The molecule has 33 heavy (non-hydrogen) atoms. The Balaban J connectivity index is 0.000000383. The topological polar surface area (TPSA) is 77.9 Å². The number of carboxylic acid groups (broad SMARTS) is 1. The Morgan fingerprint density at radius 1 is 1.06 bits per heavy atom. The molecule has 2 aromatic rings. The Morgan fingerprint density at radius 3 is 2.33 bits per heavy atom. The van der Waals surface area contributed by atoms with Crippen molar-refractivity contribution in [3.05, 3.63) is 65.2 Å². The van der Waals surface area contributed by atoms with Crippen molar-refractivity contribution in [3.8, 4) is 0 Å². The van der Waals surface area contributed by atoms with Gasteiger partial charge in [-0.2, -0.15) is 17.5 Å². The molecule has 1 N–H and O–H groups in total. The van der Waals surface area contributed by atoms with Crippen LogP contribution in [0, 0.1) is 0 Å². The molecule has 2 aliphatic heterocycles. The van der Waals surface area contributed by atoms with Gasteiger partial charge >= 0.3 is 12.1 Å². The lowest BCUT2D eigenvalue weighted by atomic mass is 9.95. The van der Waals surface area contributed by atoms with Gasteiger partial charge in [-0.15, -0.1) is 0 Å². The summed E-state index contributed by atoms with van der Waals surface area (Å²) >= 11 is 6.13. The summed E-state index contributed by atoms with van der Waals surface area (Å²) in [5, 5.41) is 7.87. The lowest BCUT2D eigenvalue weighted by Gasteiger charge is -2.35. The molecule has 0 aliphatic carbocycles. The summed E-state index contributed by atoms with van der Waals surface area (Å²) in [6.45, 7) is 2.99. The second-order valence-corrected chi connectivity index (χ2v) is 10.5. The van der Waals surface area contributed by atoms with Crippen LogP contribution < -0.4 is 0 Å². The van der Waals surface area contributed by atoms with Crippen LogP contribution in [0.4, 0.5) is 13.2 Å². The number of rotatable bonds is 4. The highest BCUT2D eigenvalue weighted by molar-refractivity contribution is 7.89. The number of benzene rings is 2. The summed E-state index contributed by atoms with van der Waals surface area (Å²) in [5.41, 5.74) is 1.13. The van der Waals surface area contributed by atoms with Gasteiger partial charge < -0.3 is 5.11 Å². The molecule has 1 atom stereocenters. The number of carboxylic acids is 1. The van der Waals surface area contributed by atoms with E-state index >= 15 is 0 Å². The van der Waals surface area contributed by atoms with Gasteiger partial charge in [-0.25, -0.2) is 13.2 Å². The Bertz CT molecular complexity index is 1080. The second kappa shape index (κ2) is 10.0. The van der Waals surface area contributed by atoms with Crippen LogP contribution in [0.5, 0.6) is 0 Å². The molecule has 2 fully saturated rings. The van der Waals surface area contributed by atoms with Gasteiger partial charge in [-0.1, -0.05) is 41.9 Å². The highest BCUT2D eigenvalue weighted by Crippen LogP contribution is 2.40. The van der Waals surface area contributed by atoms with Gasteiger partial charge in [-0.05, 0) is 55.6 Å². The standard InChI is InChI=1S/C20H23ClN2O2S.C2HF3O2/c21-18-7-4-6-17(14-18)15-22-12-5-10-20(22)11-13-23(16-20)26(24,25)19-8-2-1-3-9-19;3-2(4,5)1(6)7/h1-4,6-9,14H,5,10-13,15-16H2;(H,6,7). The third-order valence-corrected chi connectivity index (χ3v) is 8.02. The minimum absolute atomic E-state index is 0.0514. The first kappa shape index (κ1) is 25.5. The average Bonchev–Trinajstić information content (AvgIpc) is 3.36. The molecule has 4 rings (SSSR count). The van der Waals surface area contributed by atoms with E-state index in [1.807, 2.05) is 24.3 Å². The van der Waals surface area contributed by atoms with Gasteiger partial charge in [0.15, 0.2) is 0 Å². The van der Waals surface area contributed by atoms with E-state index in [0.717, 1.165) is 37.4 Å². The fraction of sp³-hybridized carbons (Fsp3) is 0.409. The van der Waals surface area contributed by atoms with Crippen molar-refractivity contribution < 1.29 is 31.5 Å². The van der Waals surface area contributed by atoms with Crippen LogP contribution in [-0.2, 0) is 21.4 Å². The van der Waals surface area contributed by atoms with Gasteiger partial charge in [0.25, 0.3) is 0 Å². The third kappa shape index (κ3) is 6.06. The van der Waals surface area contributed by atoms with Crippen molar-refractivity contribution >= 4 is 27.6 Å². The lowest BCUT2D eigenvalue weighted by molar-refractivity contribution is -0.192. The first-order valence-corrected chi connectivity index (χ1v) is 12.1. The fourth-order valence-corrected chi connectivity index (χ4v) is 6.08. The highest BCUT2D eigenvalue weighted by atomic mass is 35.5. The summed E-state index contributed by atoms with van der Waals surface area (Å²) in [7, 11) is -3.42. The third-order valence-electron chi connectivity index (χ3n) is 5.92. The van der Waals surface area contributed by atoms with E-state index in [2.05, 4.69) is 11.0 Å². The SMILES string of the molecule is O=C(O)C(F)(F)F.O=S(=O)(c1ccccc1)N1CCC2(CCCN2Cc2cccc(Cl)c2)C1.